The molecule has 0 atom stereocenters. The lowest BCUT2D eigenvalue weighted by molar-refractivity contribution is -0.120. The molecule has 0 aliphatic carbocycles. The van der Waals surface area contributed by atoms with Crippen molar-refractivity contribution >= 4 is 22.4 Å². The molecule has 1 heterocycles. The Morgan fingerprint density at radius 2 is 2.19 bits per heavy atom. The highest BCUT2D eigenvalue weighted by atomic mass is 32.1. The van der Waals surface area contributed by atoms with Crippen LogP contribution < -0.4 is 20.5 Å². The normalized spacial score (nSPS) is 10.2. The van der Waals surface area contributed by atoms with Gasteiger partial charge in [0.1, 0.15) is 11.5 Å². The van der Waals surface area contributed by atoms with Gasteiger partial charge < -0.3 is 20.5 Å². The van der Waals surface area contributed by atoms with E-state index >= 15 is 0 Å². The van der Waals surface area contributed by atoms with Crippen LogP contribution in [0.3, 0.4) is 0 Å². The van der Waals surface area contributed by atoms with Crippen LogP contribution in [0.25, 0.3) is 0 Å². The van der Waals surface area contributed by atoms with Crippen LogP contribution in [0.2, 0.25) is 0 Å². The summed E-state index contributed by atoms with van der Waals surface area (Å²) in [4.78, 5) is 16.0. The summed E-state index contributed by atoms with van der Waals surface area (Å²) in [5.41, 5.74) is 7.10. The van der Waals surface area contributed by atoms with E-state index in [1.54, 1.807) is 26.4 Å². The SMILES string of the molecule is COc1ccc(CC(=O)NCc2csc(N)n2)c(OC)c1. The van der Waals surface area contributed by atoms with Crippen molar-refractivity contribution in [3.05, 3.63) is 34.8 Å². The standard InChI is InChI=1S/C14H17N3O3S/c1-19-11-4-3-9(12(6-11)20-2)5-13(18)16-7-10-8-21-14(15)17-10/h3-4,6,8H,5,7H2,1-2H3,(H2,15,17)(H,16,18). The van der Waals surface area contributed by atoms with Crippen molar-refractivity contribution in [2.45, 2.75) is 13.0 Å². The van der Waals surface area contributed by atoms with Crippen molar-refractivity contribution in [2.75, 3.05) is 20.0 Å². The number of anilines is 1. The third-order valence-corrected chi connectivity index (χ3v) is 3.60. The minimum Gasteiger partial charge on any atom is -0.497 e. The topological polar surface area (TPSA) is 86.5 Å². The van der Waals surface area contributed by atoms with E-state index in [0.717, 1.165) is 11.3 Å². The van der Waals surface area contributed by atoms with Gasteiger partial charge in [0.15, 0.2) is 5.13 Å². The number of nitrogens with two attached hydrogens (primary N) is 1. The van der Waals surface area contributed by atoms with Crippen LogP contribution in [-0.2, 0) is 17.8 Å². The van der Waals surface area contributed by atoms with E-state index in [2.05, 4.69) is 10.3 Å². The molecule has 0 unspecified atom stereocenters. The molecule has 3 N–H and O–H groups in total. The van der Waals surface area contributed by atoms with E-state index in [-0.39, 0.29) is 12.3 Å². The van der Waals surface area contributed by atoms with Gasteiger partial charge in [0.25, 0.3) is 0 Å². The Hall–Kier alpha value is -2.28. The molecule has 1 aromatic heterocycles. The number of aromatic nitrogens is 1. The zero-order valence-corrected chi connectivity index (χ0v) is 12.7. The molecule has 0 spiro atoms. The Morgan fingerprint density at radius 1 is 1.38 bits per heavy atom. The van der Waals surface area contributed by atoms with Gasteiger partial charge in [-0.2, -0.15) is 0 Å². The first-order valence-corrected chi connectivity index (χ1v) is 7.18. The second-order valence-electron chi connectivity index (χ2n) is 4.31. The van der Waals surface area contributed by atoms with Gasteiger partial charge in [-0.25, -0.2) is 4.98 Å². The number of ether oxygens (including phenoxy) is 2. The molecular formula is C14H17N3O3S. The molecule has 6 nitrogen and oxygen atoms in total. The van der Waals surface area contributed by atoms with E-state index < -0.39 is 0 Å². The van der Waals surface area contributed by atoms with Gasteiger partial charge >= 0.3 is 0 Å². The van der Waals surface area contributed by atoms with E-state index in [1.165, 1.54) is 11.3 Å². The molecule has 0 radical (unpaired) electrons. The van der Waals surface area contributed by atoms with Crippen LogP contribution in [0.1, 0.15) is 11.3 Å². The summed E-state index contributed by atoms with van der Waals surface area (Å²) in [5.74, 6) is 1.21. The van der Waals surface area contributed by atoms with E-state index in [1.807, 2.05) is 11.4 Å². The molecule has 21 heavy (non-hydrogen) atoms. The molecule has 1 amide bonds. The van der Waals surface area contributed by atoms with Gasteiger partial charge in [-0.15, -0.1) is 11.3 Å². The number of nitrogens with zero attached hydrogens (tertiary/aromatic N) is 1. The molecule has 0 aliphatic heterocycles. The van der Waals surface area contributed by atoms with Gasteiger partial charge in [0.2, 0.25) is 5.91 Å². The lowest BCUT2D eigenvalue weighted by atomic mass is 10.1. The number of hydrogen-bond acceptors (Lipinski definition) is 6. The lowest BCUT2D eigenvalue weighted by Crippen LogP contribution is -2.24. The summed E-state index contributed by atoms with van der Waals surface area (Å²) in [5, 5.41) is 5.12. The molecule has 0 aliphatic rings. The van der Waals surface area contributed by atoms with Crippen LogP contribution in [-0.4, -0.2) is 25.1 Å². The quantitative estimate of drug-likeness (QED) is 0.846. The summed E-state index contributed by atoms with van der Waals surface area (Å²) >= 11 is 1.35. The number of rotatable bonds is 6. The molecule has 0 bridgehead atoms. The van der Waals surface area contributed by atoms with Crippen molar-refractivity contribution in [1.29, 1.82) is 0 Å². The van der Waals surface area contributed by atoms with Gasteiger partial charge in [-0.3, -0.25) is 4.79 Å². The highest BCUT2D eigenvalue weighted by Gasteiger charge is 2.10. The predicted octanol–water partition coefficient (Wildman–Crippen LogP) is 1.60. The number of nitrogens with one attached hydrogen (secondary N) is 1. The van der Waals surface area contributed by atoms with E-state index in [9.17, 15) is 4.79 Å². The first-order chi connectivity index (χ1) is 10.1. The maximum Gasteiger partial charge on any atom is 0.224 e. The fraction of sp³-hybridized carbons (Fsp3) is 0.286. The number of carbonyl (C=O) groups is 1. The Bertz CT molecular complexity index is 628. The maximum atomic E-state index is 12.0. The molecule has 0 fully saturated rings. The molecular weight excluding hydrogens is 290 g/mol. The fourth-order valence-electron chi connectivity index (χ4n) is 1.83. The third kappa shape index (κ3) is 4.09. The van der Waals surface area contributed by atoms with Crippen LogP contribution in [0.4, 0.5) is 5.13 Å². The van der Waals surface area contributed by atoms with Crippen LogP contribution in [0.15, 0.2) is 23.6 Å². The first kappa shape index (κ1) is 15.1. The molecule has 0 saturated carbocycles. The number of methoxy groups -OCH3 is 2. The van der Waals surface area contributed by atoms with Crippen molar-refractivity contribution in [3.8, 4) is 11.5 Å². The average molecular weight is 307 g/mol. The van der Waals surface area contributed by atoms with E-state index in [0.29, 0.717) is 23.2 Å². The average Bonchev–Trinajstić information content (AvgIpc) is 2.91. The Labute approximate surface area is 126 Å². The smallest absolute Gasteiger partial charge is 0.224 e. The highest BCUT2D eigenvalue weighted by molar-refractivity contribution is 7.13. The molecule has 7 heteroatoms. The predicted molar refractivity (Wildman–Crippen MR) is 81.6 cm³/mol. The fourth-order valence-corrected chi connectivity index (χ4v) is 2.39. The van der Waals surface area contributed by atoms with Crippen LogP contribution in [0.5, 0.6) is 11.5 Å². The van der Waals surface area contributed by atoms with Crippen LogP contribution >= 0.6 is 11.3 Å². The van der Waals surface area contributed by atoms with E-state index in [4.69, 9.17) is 15.2 Å². The summed E-state index contributed by atoms with van der Waals surface area (Å²) in [7, 11) is 3.15. The number of benzene rings is 1. The number of thiazole rings is 1. The van der Waals surface area contributed by atoms with Crippen molar-refractivity contribution in [3.63, 3.8) is 0 Å². The van der Waals surface area contributed by atoms with Gasteiger partial charge in [0.05, 0.1) is 32.9 Å². The number of hydrogen-bond donors (Lipinski definition) is 2. The van der Waals surface area contributed by atoms with Crippen molar-refractivity contribution in [2.24, 2.45) is 0 Å². The second-order valence-corrected chi connectivity index (χ2v) is 5.20. The summed E-state index contributed by atoms with van der Waals surface area (Å²) < 4.78 is 10.4. The number of amides is 1. The summed E-state index contributed by atoms with van der Waals surface area (Å²) in [6.07, 6.45) is 0.229. The van der Waals surface area contributed by atoms with Crippen molar-refractivity contribution < 1.29 is 14.3 Å². The van der Waals surface area contributed by atoms with Gasteiger partial charge in [0, 0.05) is 17.0 Å². The Kier molecular flexibility index (Phi) is 4.99. The Morgan fingerprint density at radius 3 is 2.81 bits per heavy atom. The molecule has 2 rings (SSSR count). The maximum absolute atomic E-state index is 12.0. The molecule has 2 aromatic rings. The number of nitrogen functional groups attached to an aromatic ring is 1. The number of carbonyl (C=O) groups excluding carboxylic acids is 1. The third-order valence-electron chi connectivity index (χ3n) is 2.88. The van der Waals surface area contributed by atoms with Crippen LogP contribution in [0, 0.1) is 0 Å². The zero-order chi connectivity index (χ0) is 15.2. The second kappa shape index (κ2) is 6.94. The largest absolute Gasteiger partial charge is 0.497 e. The first-order valence-electron chi connectivity index (χ1n) is 6.30. The minimum atomic E-state index is -0.106. The zero-order valence-electron chi connectivity index (χ0n) is 11.9. The van der Waals surface area contributed by atoms with Crippen molar-refractivity contribution in [1.82, 2.24) is 10.3 Å². The highest BCUT2D eigenvalue weighted by Crippen LogP contribution is 2.24. The molecule has 1 aromatic carbocycles. The Balaban J connectivity index is 1.95. The monoisotopic (exact) mass is 307 g/mol. The summed E-state index contributed by atoms with van der Waals surface area (Å²) in [6, 6.07) is 5.37. The van der Waals surface area contributed by atoms with Gasteiger partial charge in [-0.05, 0) is 6.07 Å². The van der Waals surface area contributed by atoms with Gasteiger partial charge in [-0.1, -0.05) is 6.07 Å². The molecule has 0 saturated heterocycles. The minimum absolute atomic E-state index is 0.106. The molecule has 112 valence electrons. The summed E-state index contributed by atoms with van der Waals surface area (Å²) in [6.45, 7) is 0.366. The lowest BCUT2D eigenvalue weighted by Gasteiger charge is -2.10.